The molecule has 70 heavy (non-hydrogen) atoms. The van der Waals surface area contributed by atoms with E-state index in [-0.39, 0.29) is 55.2 Å². The lowest BCUT2D eigenvalue weighted by molar-refractivity contribution is 0.101. The number of hydrogen-bond acceptors (Lipinski definition) is 12. The number of hydrogen-bond donors (Lipinski definition) is 4. The molecule has 0 aliphatic carbocycles. The summed E-state index contributed by atoms with van der Waals surface area (Å²) in [6.45, 7) is 0.897. The molecule has 3 amide bonds. The Morgan fingerprint density at radius 1 is 0.686 bits per heavy atom. The lowest BCUT2D eigenvalue weighted by Gasteiger charge is -2.27. The number of aromatic nitrogens is 6. The van der Waals surface area contributed by atoms with Crippen LogP contribution < -0.4 is 31.2 Å². The molecular formula is C47H45ClF4N10O8. The van der Waals surface area contributed by atoms with Crippen molar-refractivity contribution in [1.82, 2.24) is 34.4 Å². The second-order valence-electron chi connectivity index (χ2n) is 15.3. The number of rotatable bonds is 9. The van der Waals surface area contributed by atoms with Gasteiger partial charge in [-0.25, -0.2) is 36.7 Å². The van der Waals surface area contributed by atoms with E-state index in [0.29, 0.717) is 53.5 Å². The molecule has 0 saturated carbocycles. The average molecular weight is 989 g/mol. The summed E-state index contributed by atoms with van der Waals surface area (Å²) in [4.78, 5) is 52.4. The fourth-order valence-corrected chi connectivity index (χ4v) is 6.91. The Balaban J connectivity index is 0.000000183. The molecule has 0 saturated heterocycles. The van der Waals surface area contributed by atoms with Gasteiger partial charge in [0.25, 0.3) is 11.8 Å². The molecule has 366 valence electrons. The number of carbonyl (C=O) groups is 4. The van der Waals surface area contributed by atoms with Gasteiger partial charge >= 0.3 is 12.2 Å². The predicted octanol–water partition coefficient (Wildman–Crippen LogP) is 7.92. The molecule has 0 fully saturated rings. The molecule has 23 heteroatoms. The predicted molar refractivity (Wildman–Crippen MR) is 246 cm³/mol. The minimum absolute atomic E-state index is 0. The normalized spacial score (nSPS) is 14.2. The molecule has 0 unspecified atom stereocenters. The molecule has 2 aliphatic heterocycles. The third kappa shape index (κ3) is 13.3. The van der Waals surface area contributed by atoms with Crippen LogP contribution in [0.2, 0.25) is 0 Å². The van der Waals surface area contributed by atoms with Gasteiger partial charge in [0, 0.05) is 92.4 Å². The number of anilines is 2. The SMILES string of the molecule is Cl.Cn1ccc(COC(=O)N[C@H]2CCOc3c(C(=O)Nc4ccc(F)c(F)c4)cccc32)n1.Cn1ccc(COC(=O)n2ccnc2)n1.N[C@H]1CCOc2c(C(=O)Nc3ccc(F)c(F)c3)cccc21. The number of nitrogens with zero attached hydrogens (tertiary/aromatic N) is 6. The number of alkyl carbamates (subject to hydrolysis) is 1. The summed E-state index contributed by atoms with van der Waals surface area (Å²) in [6, 6.07) is 19.3. The fourth-order valence-electron chi connectivity index (χ4n) is 6.91. The van der Waals surface area contributed by atoms with E-state index in [1.54, 1.807) is 78.3 Å². The van der Waals surface area contributed by atoms with Crippen molar-refractivity contribution in [1.29, 1.82) is 0 Å². The van der Waals surface area contributed by atoms with Crippen molar-refractivity contribution < 1.29 is 55.7 Å². The summed E-state index contributed by atoms with van der Waals surface area (Å²) in [5, 5.41) is 16.1. The summed E-state index contributed by atoms with van der Waals surface area (Å²) >= 11 is 0. The maximum Gasteiger partial charge on any atom is 0.419 e. The largest absolute Gasteiger partial charge is 0.492 e. The van der Waals surface area contributed by atoms with Gasteiger partial charge in [-0.05, 0) is 48.5 Å². The zero-order chi connectivity index (χ0) is 49.0. The third-order valence-corrected chi connectivity index (χ3v) is 10.3. The van der Waals surface area contributed by atoms with Gasteiger partial charge in [0.15, 0.2) is 23.3 Å². The lowest BCUT2D eigenvalue weighted by Crippen LogP contribution is -2.33. The molecule has 0 bridgehead atoms. The minimum atomic E-state index is -1.07. The first-order valence-corrected chi connectivity index (χ1v) is 21.1. The van der Waals surface area contributed by atoms with Gasteiger partial charge in [-0.1, -0.05) is 24.3 Å². The van der Waals surface area contributed by atoms with E-state index in [0.717, 1.165) is 29.8 Å². The summed E-state index contributed by atoms with van der Waals surface area (Å²) < 4.78 is 78.7. The van der Waals surface area contributed by atoms with Gasteiger partial charge in [0.1, 0.15) is 31.0 Å². The van der Waals surface area contributed by atoms with E-state index in [9.17, 15) is 36.7 Å². The number of amides is 3. The highest BCUT2D eigenvalue weighted by atomic mass is 35.5. The van der Waals surface area contributed by atoms with Crippen molar-refractivity contribution in [3.63, 3.8) is 0 Å². The molecule has 2 atom stereocenters. The van der Waals surface area contributed by atoms with Gasteiger partial charge in [0.05, 0.1) is 41.8 Å². The van der Waals surface area contributed by atoms with E-state index >= 15 is 0 Å². The molecule has 2 aliphatic rings. The molecule has 18 nitrogen and oxygen atoms in total. The van der Waals surface area contributed by atoms with E-state index in [2.05, 4.69) is 31.1 Å². The third-order valence-electron chi connectivity index (χ3n) is 10.3. The monoisotopic (exact) mass is 988 g/mol. The van der Waals surface area contributed by atoms with Gasteiger partial charge in [-0.3, -0.25) is 19.0 Å². The maximum absolute atomic E-state index is 13.4. The van der Waals surface area contributed by atoms with Crippen molar-refractivity contribution in [2.45, 2.75) is 38.1 Å². The fraction of sp³-hybridized carbons (Fsp3) is 0.213. The first-order chi connectivity index (χ1) is 33.2. The van der Waals surface area contributed by atoms with Crippen molar-refractivity contribution >= 4 is 47.8 Å². The number of fused-ring (bicyclic) bond motifs is 2. The smallest absolute Gasteiger partial charge is 0.419 e. The summed E-state index contributed by atoms with van der Waals surface area (Å²) in [6.07, 6.45) is 8.06. The molecule has 0 radical (unpaired) electrons. The van der Waals surface area contributed by atoms with Crippen molar-refractivity contribution in [2.75, 3.05) is 23.8 Å². The highest BCUT2D eigenvalue weighted by molar-refractivity contribution is 6.07. The van der Waals surface area contributed by atoms with E-state index in [1.165, 1.54) is 35.4 Å². The van der Waals surface area contributed by atoms with E-state index in [1.807, 2.05) is 6.07 Å². The molecule has 9 rings (SSSR count). The van der Waals surface area contributed by atoms with Crippen LogP contribution >= 0.6 is 12.4 Å². The first kappa shape index (κ1) is 51.2. The molecule has 4 aromatic carbocycles. The molecular weight excluding hydrogens is 944 g/mol. The number of ether oxygens (including phenoxy) is 4. The van der Waals surface area contributed by atoms with Crippen LogP contribution in [0.1, 0.15) is 68.2 Å². The number of para-hydroxylation sites is 2. The first-order valence-electron chi connectivity index (χ1n) is 21.1. The number of nitrogens with one attached hydrogen (secondary N) is 3. The van der Waals surface area contributed by atoms with Crippen molar-refractivity contribution in [2.24, 2.45) is 19.8 Å². The Labute approximate surface area is 403 Å². The van der Waals surface area contributed by atoms with Gasteiger partial charge in [-0.15, -0.1) is 12.4 Å². The Hall–Kier alpha value is -8.24. The standard InChI is InChI=1S/C22H20F2N4O4.C16H14F2N2O2.C9H10N4O2.ClH/c1-28-9-7-14(27-28)12-32-22(30)26-19-8-10-31-20-15(19)3-2-4-16(20)21(29)25-13-5-6-17(23)18(24)11-13;17-12-5-4-9(8-13(12)18)20-16(21)11-3-1-2-10-14(19)6-7-22-15(10)11;1-12-4-2-8(11-12)6-15-9(14)13-5-3-10-7-13;/h2-7,9,11,19H,8,10,12H2,1H3,(H,25,29)(H,26,30);1-5,8,14H,6-7,19H2,(H,20,21);2-5,7H,6H2,1H3;1H/t19-;14-;;/m00../s1. The highest BCUT2D eigenvalue weighted by Crippen LogP contribution is 2.36. The van der Waals surface area contributed by atoms with Gasteiger partial charge in [-0.2, -0.15) is 10.2 Å². The van der Waals surface area contributed by atoms with E-state index in [4.69, 9.17) is 24.7 Å². The highest BCUT2D eigenvalue weighted by Gasteiger charge is 2.28. The average Bonchev–Trinajstić information content (AvgIpc) is 4.14. The summed E-state index contributed by atoms with van der Waals surface area (Å²) in [5.74, 6) is -4.32. The van der Waals surface area contributed by atoms with Crippen LogP contribution in [0.15, 0.2) is 116 Å². The lowest BCUT2D eigenvalue weighted by atomic mass is 9.97. The topological polar surface area (TPSA) is 221 Å². The van der Waals surface area contributed by atoms with Crippen LogP contribution in [0.4, 0.5) is 38.5 Å². The Morgan fingerprint density at radius 2 is 1.21 bits per heavy atom. The summed E-state index contributed by atoms with van der Waals surface area (Å²) in [7, 11) is 3.57. The number of carbonyl (C=O) groups excluding carboxylic acids is 4. The molecule has 0 spiro atoms. The maximum atomic E-state index is 13.4. The van der Waals surface area contributed by atoms with Gasteiger partial charge < -0.3 is 40.6 Å². The minimum Gasteiger partial charge on any atom is -0.492 e. The second kappa shape index (κ2) is 23.7. The van der Waals surface area contributed by atoms with Crippen LogP contribution in [0.25, 0.3) is 0 Å². The van der Waals surface area contributed by atoms with Gasteiger partial charge in [0.2, 0.25) is 0 Å². The molecule has 7 aromatic rings. The number of aryl methyl sites for hydroxylation is 2. The summed E-state index contributed by atoms with van der Waals surface area (Å²) in [5.41, 5.74) is 9.52. The van der Waals surface area contributed by atoms with Crippen LogP contribution in [-0.4, -0.2) is 66.3 Å². The molecule has 5 heterocycles. The van der Waals surface area contributed by atoms with Crippen molar-refractivity contribution in [3.8, 4) is 11.5 Å². The zero-order valence-corrected chi connectivity index (χ0v) is 38.1. The van der Waals surface area contributed by atoms with Crippen LogP contribution in [0.3, 0.4) is 0 Å². The van der Waals surface area contributed by atoms with Crippen LogP contribution in [-0.2, 0) is 36.8 Å². The van der Waals surface area contributed by atoms with Crippen LogP contribution in [0, 0.1) is 23.3 Å². The Morgan fingerprint density at radius 3 is 1.73 bits per heavy atom. The van der Waals surface area contributed by atoms with E-state index < -0.39 is 53.3 Å². The number of halogens is 5. The second-order valence-corrected chi connectivity index (χ2v) is 15.3. The molecule has 5 N–H and O–H groups in total. The molecule has 3 aromatic heterocycles. The zero-order valence-electron chi connectivity index (χ0n) is 37.3. The number of benzene rings is 4. The van der Waals surface area contributed by atoms with Crippen molar-refractivity contribution in [3.05, 3.63) is 173 Å². The van der Waals surface area contributed by atoms with Crippen LogP contribution in [0.5, 0.6) is 11.5 Å². The Kier molecular flexibility index (Phi) is 17.3. The number of nitrogens with two attached hydrogens (primary N) is 1. The quantitative estimate of drug-likeness (QED) is 0.101. The number of imidazole rings is 1. The Bertz CT molecular complexity index is 2950.